The summed E-state index contributed by atoms with van der Waals surface area (Å²) in [5, 5.41) is 2.44. The van der Waals surface area contributed by atoms with Crippen LogP contribution in [-0.4, -0.2) is 10.5 Å². The van der Waals surface area contributed by atoms with E-state index in [-0.39, 0.29) is 0 Å². The molecule has 0 saturated heterocycles. The van der Waals surface area contributed by atoms with Crippen molar-refractivity contribution < 1.29 is 4.79 Å². The molecule has 0 aliphatic heterocycles. The second-order valence-electron chi connectivity index (χ2n) is 5.67. The quantitative estimate of drug-likeness (QED) is 0.786. The molecule has 2 aromatic carbocycles. The number of carbonyl (C=O) groups is 1. The van der Waals surface area contributed by atoms with Crippen molar-refractivity contribution in [2.24, 2.45) is 11.7 Å². The van der Waals surface area contributed by atoms with Crippen molar-refractivity contribution in [3.8, 4) is 0 Å². The maximum Gasteiger partial charge on any atom is 0.249 e. The first-order chi connectivity index (χ1) is 10.2. The topological polar surface area (TPSA) is 48.0 Å². The molecule has 1 saturated carbocycles. The molecule has 1 amide bonds. The molecule has 1 aliphatic rings. The van der Waals surface area contributed by atoms with E-state index in [9.17, 15) is 4.79 Å². The van der Waals surface area contributed by atoms with E-state index in [0.717, 1.165) is 28.4 Å². The lowest BCUT2D eigenvalue weighted by Gasteiger charge is -2.07. The lowest BCUT2D eigenvalue weighted by molar-refractivity contribution is 0.100. The number of halogens is 1. The zero-order valence-electron chi connectivity index (χ0n) is 11.4. The van der Waals surface area contributed by atoms with Gasteiger partial charge in [-0.05, 0) is 43.0 Å². The van der Waals surface area contributed by atoms with Gasteiger partial charge < -0.3 is 10.3 Å². The summed E-state index contributed by atoms with van der Waals surface area (Å²) in [6, 6.07) is 12.5. The Balaban J connectivity index is 2.16. The molecule has 105 valence electrons. The van der Waals surface area contributed by atoms with E-state index in [1.165, 1.54) is 12.8 Å². The molecule has 4 heteroatoms. The molecule has 1 heterocycles. The SMILES string of the molecule is NC(=O)c1cccc2c1c1[c]ccc(Cl)c1n2CC1CC1. The predicted octanol–water partition coefficient (Wildman–Crippen LogP) is 3.76. The van der Waals surface area contributed by atoms with Gasteiger partial charge in [0.25, 0.3) is 0 Å². The Bertz CT molecular complexity index is 877. The van der Waals surface area contributed by atoms with E-state index < -0.39 is 5.91 Å². The van der Waals surface area contributed by atoms with Crippen LogP contribution in [0.15, 0.2) is 30.3 Å². The Morgan fingerprint density at radius 3 is 2.90 bits per heavy atom. The van der Waals surface area contributed by atoms with E-state index in [4.69, 9.17) is 17.3 Å². The molecule has 1 fully saturated rings. The third-order valence-electron chi connectivity index (χ3n) is 4.18. The molecule has 0 atom stereocenters. The van der Waals surface area contributed by atoms with Crippen LogP contribution in [-0.2, 0) is 6.54 Å². The Kier molecular flexibility index (Phi) is 2.73. The number of primary amides is 1. The van der Waals surface area contributed by atoms with Crippen molar-refractivity contribution in [1.82, 2.24) is 4.57 Å². The van der Waals surface area contributed by atoms with Crippen LogP contribution in [0.2, 0.25) is 5.02 Å². The molecule has 3 aromatic rings. The summed E-state index contributed by atoms with van der Waals surface area (Å²) in [5.74, 6) is 0.289. The van der Waals surface area contributed by atoms with Crippen molar-refractivity contribution in [3.63, 3.8) is 0 Å². The van der Waals surface area contributed by atoms with Crippen LogP contribution in [0.1, 0.15) is 23.2 Å². The van der Waals surface area contributed by atoms with Crippen molar-refractivity contribution in [1.29, 1.82) is 0 Å². The number of aromatic nitrogens is 1. The smallest absolute Gasteiger partial charge is 0.249 e. The highest BCUT2D eigenvalue weighted by molar-refractivity contribution is 6.36. The molecule has 3 nitrogen and oxygen atoms in total. The van der Waals surface area contributed by atoms with Crippen LogP contribution >= 0.6 is 11.6 Å². The molecule has 1 aliphatic carbocycles. The summed E-state index contributed by atoms with van der Waals surface area (Å²) >= 11 is 6.41. The average Bonchev–Trinajstić information content (AvgIpc) is 3.22. The average molecular weight is 298 g/mol. The minimum atomic E-state index is -0.417. The fraction of sp³-hybridized carbons (Fsp3) is 0.235. The summed E-state index contributed by atoms with van der Waals surface area (Å²) in [7, 11) is 0. The largest absolute Gasteiger partial charge is 0.366 e. The monoisotopic (exact) mass is 297 g/mol. The van der Waals surface area contributed by atoms with Crippen LogP contribution in [0.5, 0.6) is 0 Å². The van der Waals surface area contributed by atoms with E-state index in [2.05, 4.69) is 10.6 Å². The van der Waals surface area contributed by atoms with Gasteiger partial charge in [0.15, 0.2) is 0 Å². The molecule has 0 unspecified atom stereocenters. The maximum absolute atomic E-state index is 11.8. The fourth-order valence-electron chi connectivity index (χ4n) is 3.02. The van der Waals surface area contributed by atoms with Gasteiger partial charge in [-0.15, -0.1) is 0 Å². The molecular formula is C17H14ClN2O. The number of amides is 1. The maximum atomic E-state index is 11.8. The summed E-state index contributed by atoms with van der Waals surface area (Å²) in [4.78, 5) is 11.8. The van der Waals surface area contributed by atoms with Crippen molar-refractivity contribution in [2.45, 2.75) is 19.4 Å². The van der Waals surface area contributed by atoms with Gasteiger partial charge in [0.1, 0.15) is 0 Å². The second-order valence-corrected chi connectivity index (χ2v) is 6.07. The number of fused-ring (bicyclic) bond motifs is 3. The number of hydrogen-bond donors (Lipinski definition) is 1. The number of nitrogens with two attached hydrogens (primary N) is 1. The zero-order valence-corrected chi connectivity index (χ0v) is 12.2. The number of nitrogens with zero attached hydrogens (tertiary/aromatic N) is 1. The van der Waals surface area contributed by atoms with E-state index in [0.29, 0.717) is 16.5 Å². The first-order valence-corrected chi connectivity index (χ1v) is 7.45. The summed E-state index contributed by atoms with van der Waals surface area (Å²) < 4.78 is 2.22. The van der Waals surface area contributed by atoms with Gasteiger partial charge in [-0.3, -0.25) is 4.79 Å². The summed E-state index contributed by atoms with van der Waals surface area (Å²) in [6.45, 7) is 0.930. The first kappa shape index (κ1) is 12.7. The molecule has 21 heavy (non-hydrogen) atoms. The van der Waals surface area contributed by atoms with Gasteiger partial charge in [0, 0.05) is 28.4 Å². The molecule has 0 spiro atoms. The number of carbonyl (C=O) groups excluding carboxylic acids is 1. The lowest BCUT2D eigenvalue weighted by Crippen LogP contribution is -2.11. The van der Waals surface area contributed by atoms with Crippen molar-refractivity contribution in [2.75, 3.05) is 0 Å². The summed E-state index contributed by atoms with van der Waals surface area (Å²) in [6.07, 6.45) is 2.51. The third-order valence-corrected chi connectivity index (χ3v) is 4.48. The normalized spacial score (nSPS) is 14.9. The van der Waals surface area contributed by atoms with Gasteiger partial charge in [-0.1, -0.05) is 23.7 Å². The predicted molar refractivity (Wildman–Crippen MR) is 84.5 cm³/mol. The minimum absolute atomic E-state index is 0.417. The molecule has 0 bridgehead atoms. The van der Waals surface area contributed by atoms with Crippen molar-refractivity contribution >= 4 is 39.3 Å². The Morgan fingerprint density at radius 1 is 1.38 bits per heavy atom. The highest BCUT2D eigenvalue weighted by atomic mass is 35.5. The van der Waals surface area contributed by atoms with Crippen molar-refractivity contribution in [3.05, 3.63) is 47.0 Å². The lowest BCUT2D eigenvalue weighted by atomic mass is 10.1. The standard InChI is InChI=1S/C17H14ClN2O/c18-13-5-1-3-11-15-12(17(19)21)4-2-6-14(15)20(16(11)13)9-10-7-8-10/h1-2,4-6,10H,7-9H2,(H2,19,21). The van der Waals surface area contributed by atoms with E-state index in [1.807, 2.05) is 18.2 Å². The molecule has 2 N–H and O–H groups in total. The molecule has 1 radical (unpaired) electrons. The Morgan fingerprint density at radius 2 is 2.19 bits per heavy atom. The fourth-order valence-corrected chi connectivity index (χ4v) is 3.28. The van der Waals surface area contributed by atoms with Crippen LogP contribution in [0.3, 0.4) is 0 Å². The molecule has 4 rings (SSSR count). The highest BCUT2D eigenvalue weighted by Crippen LogP contribution is 2.39. The molecular weight excluding hydrogens is 284 g/mol. The third kappa shape index (κ3) is 1.92. The zero-order chi connectivity index (χ0) is 14.6. The number of rotatable bonds is 3. The van der Waals surface area contributed by atoms with Crippen LogP contribution in [0, 0.1) is 12.0 Å². The van der Waals surface area contributed by atoms with Gasteiger partial charge in [0.05, 0.1) is 10.5 Å². The minimum Gasteiger partial charge on any atom is -0.366 e. The van der Waals surface area contributed by atoms with Gasteiger partial charge in [-0.2, -0.15) is 0 Å². The second kappa shape index (κ2) is 4.50. The summed E-state index contributed by atoms with van der Waals surface area (Å²) in [5.41, 5.74) is 8.03. The highest BCUT2D eigenvalue weighted by Gasteiger charge is 2.25. The van der Waals surface area contributed by atoms with Gasteiger partial charge in [-0.25, -0.2) is 0 Å². The van der Waals surface area contributed by atoms with Gasteiger partial charge >= 0.3 is 0 Å². The van der Waals surface area contributed by atoms with Crippen LogP contribution in [0.4, 0.5) is 0 Å². The number of hydrogen-bond acceptors (Lipinski definition) is 1. The molecule has 1 aromatic heterocycles. The van der Waals surface area contributed by atoms with Crippen LogP contribution < -0.4 is 5.73 Å². The van der Waals surface area contributed by atoms with Crippen LogP contribution in [0.25, 0.3) is 21.8 Å². The van der Waals surface area contributed by atoms with Gasteiger partial charge in [0.2, 0.25) is 5.91 Å². The Hall–Kier alpha value is -2.00. The first-order valence-electron chi connectivity index (χ1n) is 7.07. The number of benzene rings is 2. The van der Waals surface area contributed by atoms with E-state index in [1.54, 1.807) is 12.1 Å². The Labute approximate surface area is 127 Å². The van der Waals surface area contributed by atoms with E-state index >= 15 is 0 Å².